The van der Waals surface area contributed by atoms with Crippen LogP contribution in [-0.4, -0.2) is 0 Å². The molecule has 0 heteroatoms. The fourth-order valence-electron chi connectivity index (χ4n) is 3.99. The highest BCUT2D eigenvalue weighted by Gasteiger charge is 2.27. The van der Waals surface area contributed by atoms with Crippen LogP contribution < -0.4 is 0 Å². The summed E-state index contributed by atoms with van der Waals surface area (Å²) >= 11 is 0. The van der Waals surface area contributed by atoms with E-state index in [-0.39, 0.29) is 0 Å². The third-order valence-corrected chi connectivity index (χ3v) is 5.20. The molecule has 2 rings (SSSR count). The molecule has 0 aliphatic heterocycles. The van der Waals surface area contributed by atoms with Crippen LogP contribution in [0.3, 0.4) is 0 Å². The quantitative estimate of drug-likeness (QED) is 0.566. The Morgan fingerprint density at radius 1 is 1.00 bits per heavy atom. The Morgan fingerprint density at radius 2 is 1.75 bits per heavy atom. The lowest BCUT2D eigenvalue weighted by Gasteiger charge is -2.34. The van der Waals surface area contributed by atoms with Gasteiger partial charge in [-0.1, -0.05) is 64.3 Å². The van der Waals surface area contributed by atoms with Gasteiger partial charge < -0.3 is 0 Å². The summed E-state index contributed by atoms with van der Waals surface area (Å²) in [6, 6.07) is 9.56. The van der Waals surface area contributed by atoms with E-state index >= 15 is 0 Å². The topological polar surface area (TPSA) is 0 Å². The van der Waals surface area contributed by atoms with Gasteiger partial charge in [0.05, 0.1) is 0 Å². The van der Waals surface area contributed by atoms with Crippen molar-refractivity contribution in [2.75, 3.05) is 0 Å². The first kappa shape index (κ1) is 15.6. The van der Waals surface area contributed by atoms with Crippen LogP contribution in [0.25, 0.3) is 0 Å². The molecule has 0 bridgehead atoms. The second kappa shape index (κ2) is 7.86. The predicted octanol–water partition coefficient (Wildman–Crippen LogP) is 6.35. The van der Waals surface area contributed by atoms with Gasteiger partial charge in [-0.15, -0.1) is 0 Å². The van der Waals surface area contributed by atoms with Crippen LogP contribution in [0.4, 0.5) is 0 Å². The molecule has 1 aromatic rings. The van der Waals surface area contributed by atoms with Gasteiger partial charge in [0.15, 0.2) is 0 Å². The zero-order valence-corrected chi connectivity index (χ0v) is 13.7. The molecule has 1 aliphatic rings. The first-order valence-corrected chi connectivity index (χ1v) is 8.83. The second-order valence-electron chi connectivity index (χ2n) is 6.90. The highest BCUT2D eigenvalue weighted by Crippen LogP contribution is 2.41. The molecule has 1 aromatic carbocycles. The lowest BCUT2D eigenvalue weighted by molar-refractivity contribution is 0.235. The summed E-state index contributed by atoms with van der Waals surface area (Å²) in [5.74, 6) is 2.67. The molecular weight excluding hydrogens is 240 g/mol. The number of aryl methyl sites for hydroxylation is 1. The van der Waals surface area contributed by atoms with Crippen molar-refractivity contribution in [1.82, 2.24) is 0 Å². The van der Waals surface area contributed by atoms with E-state index in [4.69, 9.17) is 0 Å². The Labute approximate surface area is 126 Å². The van der Waals surface area contributed by atoms with Crippen LogP contribution in [-0.2, 0) is 6.42 Å². The Morgan fingerprint density at radius 3 is 2.35 bits per heavy atom. The zero-order chi connectivity index (χ0) is 14.4. The fourth-order valence-corrected chi connectivity index (χ4v) is 3.99. The van der Waals surface area contributed by atoms with Crippen LogP contribution >= 0.6 is 0 Å². The summed E-state index contributed by atoms with van der Waals surface area (Å²) in [4.78, 5) is 0. The zero-order valence-electron chi connectivity index (χ0n) is 13.7. The number of unbranched alkanes of at least 4 members (excludes halogenated alkanes) is 1. The summed E-state index contributed by atoms with van der Waals surface area (Å²) in [6.07, 6.45) is 10.9. The Bertz CT molecular complexity index is 376. The van der Waals surface area contributed by atoms with Gasteiger partial charge in [-0.3, -0.25) is 0 Å². The van der Waals surface area contributed by atoms with Crippen LogP contribution in [0, 0.1) is 11.8 Å². The van der Waals surface area contributed by atoms with Gasteiger partial charge >= 0.3 is 0 Å². The molecule has 0 saturated heterocycles. The van der Waals surface area contributed by atoms with E-state index in [0.717, 1.165) is 17.8 Å². The maximum atomic E-state index is 2.47. The summed E-state index contributed by atoms with van der Waals surface area (Å²) < 4.78 is 0. The van der Waals surface area contributed by atoms with Gasteiger partial charge in [-0.2, -0.15) is 0 Å². The monoisotopic (exact) mass is 272 g/mol. The highest BCUT2D eigenvalue weighted by atomic mass is 14.3. The van der Waals surface area contributed by atoms with Crippen molar-refractivity contribution in [1.29, 1.82) is 0 Å². The summed E-state index contributed by atoms with van der Waals surface area (Å²) in [6.45, 7) is 7.06. The highest BCUT2D eigenvalue weighted by molar-refractivity contribution is 5.26. The molecule has 0 N–H and O–H groups in total. The van der Waals surface area contributed by atoms with Crippen LogP contribution in [0.15, 0.2) is 24.3 Å². The number of benzene rings is 1. The van der Waals surface area contributed by atoms with Crippen molar-refractivity contribution in [3.05, 3.63) is 35.4 Å². The van der Waals surface area contributed by atoms with Gasteiger partial charge in [-0.05, 0) is 61.0 Å². The van der Waals surface area contributed by atoms with E-state index < -0.39 is 0 Å². The predicted molar refractivity (Wildman–Crippen MR) is 89.2 cm³/mol. The maximum absolute atomic E-state index is 2.47. The SMILES string of the molecule is CCCCc1ccc(C2CCC(CCC)CC2C)cc1. The second-order valence-corrected chi connectivity index (χ2v) is 6.90. The first-order valence-electron chi connectivity index (χ1n) is 8.83. The van der Waals surface area contributed by atoms with Crippen LogP contribution in [0.1, 0.15) is 82.8 Å². The normalized spacial score (nSPS) is 26.6. The Balaban J connectivity index is 1.94. The summed E-state index contributed by atoms with van der Waals surface area (Å²) in [5, 5.41) is 0. The van der Waals surface area contributed by atoms with Crippen molar-refractivity contribution >= 4 is 0 Å². The average molecular weight is 272 g/mol. The third kappa shape index (κ3) is 4.11. The van der Waals surface area contributed by atoms with Crippen LogP contribution in [0.2, 0.25) is 0 Å². The van der Waals surface area contributed by atoms with E-state index in [1.807, 2.05) is 0 Å². The molecule has 0 nitrogen and oxygen atoms in total. The number of hydrogen-bond donors (Lipinski definition) is 0. The fraction of sp³-hybridized carbons (Fsp3) is 0.700. The van der Waals surface area contributed by atoms with Gasteiger partial charge in [0, 0.05) is 0 Å². The van der Waals surface area contributed by atoms with Gasteiger partial charge in [0.1, 0.15) is 0 Å². The molecule has 1 saturated carbocycles. The molecule has 0 heterocycles. The molecule has 0 amide bonds. The van der Waals surface area contributed by atoms with Gasteiger partial charge in [0.2, 0.25) is 0 Å². The Kier molecular flexibility index (Phi) is 6.13. The van der Waals surface area contributed by atoms with Gasteiger partial charge in [0.25, 0.3) is 0 Å². The lowest BCUT2D eigenvalue weighted by atomic mass is 9.71. The summed E-state index contributed by atoms with van der Waals surface area (Å²) in [5.41, 5.74) is 3.11. The summed E-state index contributed by atoms with van der Waals surface area (Å²) in [7, 11) is 0. The Hall–Kier alpha value is -0.780. The molecule has 0 radical (unpaired) electrons. The largest absolute Gasteiger partial charge is 0.0654 e. The molecule has 3 unspecified atom stereocenters. The van der Waals surface area contributed by atoms with E-state index in [1.165, 1.54) is 56.9 Å². The number of hydrogen-bond acceptors (Lipinski definition) is 0. The molecule has 20 heavy (non-hydrogen) atoms. The van der Waals surface area contributed by atoms with E-state index in [1.54, 1.807) is 5.56 Å². The minimum absolute atomic E-state index is 0.809. The minimum atomic E-state index is 0.809. The average Bonchev–Trinajstić information content (AvgIpc) is 2.46. The van der Waals surface area contributed by atoms with E-state index in [0.29, 0.717) is 0 Å². The maximum Gasteiger partial charge on any atom is -0.0136 e. The standard InChI is InChI=1S/C20H32/c1-4-6-8-17-9-12-19(13-10-17)20-14-11-18(7-5-2)15-16(20)3/h9-10,12-13,16,18,20H,4-8,11,14-15H2,1-3H3. The van der Waals surface area contributed by atoms with E-state index in [9.17, 15) is 0 Å². The van der Waals surface area contributed by atoms with Gasteiger partial charge in [-0.25, -0.2) is 0 Å². The smallest absolute Gasteiger partial charge is 0.0136 e. The minimum Gasteiger partial charge on any atom is -0.0654 e. The molecule has 0 aromatic heterocycles. The van der Waals surface area contributed by atoms with Crippen molar-refractivity contribution in [2.45, 2.75) is 78.1 Å². The van der Waals surface area contributed by atoms with Crippen molar-refractivity contribution in [2.24, 2.45) is 11.8 Å². The van der Waals surface area contributed by atoms with Crippen molar-refractivity contribution < 1.29 is 0 Å². The molecule has 112 valence electrons. The molecule has 1 fully saturated rings. The first-order chi connectivity index (χ1) is 9.74. The third-order valence-electron chi connectivity index (χ3n) is 5.20. The molecule has 0 spiro atoms. The van der Waals surface area contributed by atoms with E-state index in [2.05, 4.69) is 45.0 Å². The van der Waals surface area contributed by atoms with Crippen molar-refractivity contribution in [3.8, 4) is 0 Å². The number of rotatable bonds is 6. The molecule has 3 atom stereocenters. The molecule has 1 aliphatic carbocycles. The van der Waals surface area contributed by atoms with Crippen molar-refractivity contribution in [3.63, 3.8) is 0 Å². The van der Waals surface area contributed by atoms with Crippen LogP contribution in [0.5, 0.6) is 0 Å². The molecular formula is C20H32. The lowest BCUT2D eigenvalue weighted by Crippen LogP contribution is -2.21.